The lowest BCUT2D eigenvalue weighted by atomic mass is 10.4. The topological polar surface area (TPSA) is 0 Å². The molecule has 0 atom stereocenters. The molecule has 0 unspecified atom stereocenters. The van der Waals surface area contributed by atoms with E-state index >= 15 is 0 Å². The predicted molar refractivity (Wildman–Crippen MR) is 77.0 cm³/mol. The highest BCUT2D eigenvalue weighted by Gasteiger charge is 2.30. The molecule has 16 heavy (non-hydrogen) atoms. The highest BCUT2D eigenvalue weighted by molar-refractivity contribution is 9.27. The molecule has 0 spiro atoms. The van der Waals surface area contributed by atoms with Crippen molar-refractivity contribution >= 4 is 32.4 Å². The zero-order valence-corrected chi connectivity index (χ0v) is 11.5. The van der Waals surface area contributed by atoms with Crippen LogP contribution in [0.3, 0.4) is 0 Å². The van der Waals surface area contributed by atoms with Crippen molar-refractivity contribution in [3.8, 4) is 0 Å². The smallest absolute Gasteiger partial charge is 0.108 e. The predicted octanol–water partition coefficient (Wildman–Crippen LogP) is 2.87. The van der Waals surface area contributed by atoms with E-state index in [9.17, 15) is 0 Å². The summed E-state index contributed by atoms with van der Waals surface area (Å²) < 4.78 is 0. The molecule has 0 aliphatic heterocycles. The first-order valence-corrected chi connectivity index (χ1v) is 9.54. The van der Waals surface area contributed by atoms with Crippen LogP contribution in [-0.4, -0.2) is 6.69 Å². The fraction of sp³-hybridized carbons (Fsp3) is 0. The van der Waals surface area contributed by atoms with Gasteiger partial charge in [0.2, 0.25) is 6.69 Å². The average molecular weight is 289 g/mol. The fourth-order valence-electron chi connectivity index (χ4n) is 1.76. The fourth-order valence-corrected chi connectivity index (χ4v) is 5.51. The van der Waals surface area contributed by atoms with Crippen LogP contribution in [-0.2, 0) is 0 Å². The van der Waals surface area contributed by atoms with E-state index in [0.29, 0.717) is 0 Å². The second-order valence-corrected chi connectivity index (χ2v) is 10.4. The summed E-state index contributed by atoms with van der Waals surface area (Å²) in [5, 5.41) is 2.66. The number of benzene rings is 2. The van der Waals surface area contributed by atoms with E-state index in [2.05, 4.69) is 76.1 Å². The van der Waals surface area contributed by atoms with E-state index in [0.717, 1.165) is 0 Å². The molecular weight excluding hydrogens is 276 g/mol. The Bertz CT molecular complexity index is 425. The van der Waals surface area contributed by atoms with Crippen molar-refractivity contribution < 1.29 is 0 Å². The van der Waals surface area contributed by atoms with Gasteiger partial charge in [-0.05, 0) is 10.4 Å². The molecule has 0 saturated carbocycles. The molecule has 2 heteroatoms. The molecule has 0 bridgehead atoms. The van der Waals surface area contributed by atoms with Crippen LogP contribution in [0.4, 0.5) is 0 Å². The highest BCUT2D eigenvalue weighted by atomic mass is 79.9. The summed E-state index contributed by atoms with van der Waals surface area (Å²) in [4.78, 5) is 0. The summed E-state index contributed by atoms with van der Waals surface area (Å²) in [5.74, 6) is 0. The Balaban J connectivity index is 2.53. The normalized spacial score (nSPS) is 11.1. The lowest BCUT2D eigenvalue weighted by molar-refractivity contribution is 1.73. The molecule has 0 radical (unpaired) electrons. The molecule has 0 nitrogen and oxygen atoms in total. The third-order valence-electron chi connectivity index (χ3n) is 2.67. The van der Waals surface area contributed by atoms with Gasteiger partial charge in [-0.1, -0.05) is 66.4 Å². The molecule has 0 N–H and O–H groups in total. The molecule has 0 aliphatic carbocycles. The molecule has 0 heterocycles. The SMILES string of the molecule is C=C[Si](Br)(c1ccccc1)c1ccccc1. The lowest BCUT2D eigenvalue weighted by Crippen LogP contribution is -2.51. The zero-order valence-electron chi connectivity index (χ0n) is 8.94. The maximum Gasteiger partial charge on any atom is 0.213 e. The standard InChI is InChI=1S/C14H13BrSi/c1-2-16(15,13-9-5-3-6-10-13)14-11-7-4-8-12-14/h2-12H,1H2. The van der Waals surface area contributed by atoms with Gasteiger partial charge in [-0.3, -0.25) is 0 Å². The summed E-state index contributed by atoms with van der Waals surface area (Å²) >= 11 is 3.92. The van der Waals surface area contributed by atoms with Crippen LogP contribution >= 0.6 is 15.3 Å². The summed E-state index contributed by atoms with van der Waals surface area (Å²) in [6.45, 7) is 2.10. The number of hydrogen-bond acceptors (Lipinski definition) is 0. The lowest BCUT2D eigenvalue weighted by Gasteiger charge is -2.21. The molecule has 2 aromatic carbocycles. The number of rotatable bonds is 3. The van der Waals surface area contributed by atoms with E-state index in [-0.39, 0.29) is 0 Å². The third-order valence-corrected chi connectivity index (χ3v) is 9.30. The summed E-state index contributed by atoms with van der Waals surface area (Å²) in [6, 6.07) is 21.0. The van der Waals surface area contributed by atoms with Crippen molar-refractivity contribution in [3.05, 3.63) is 72.9 Å². The zero-order chi connectivity index (χ0) is 11.4. The monoisotopic (exact) mass is 288 g/mol. The van der Waals surface area contributed by atoms with Gasteiger partial charge in [0.25, 0.3) is 0 Å². The van der Waals surface area contributed by atoms with Gasteiger partial charge in [-0.2, -0.15) is 0 Å². The van der Waals surface area contributed by atoms with Gasteiger partial charge < -0.3 is 0 Å². The minimum Gasteiger partial charge on any atom is -0.108 e. The van der Waals surface area contributed by atoms with Crippen molar-refractivity contribution in [1.82, 2.24) is 0 Å². The van der Waals surface area contributed by atoms with Gasteiger partial charge in [0.1, 0.15) is 0 Å². The van der Waals surface area contributed by atoms with Gasteiger partial charge in [-0.15, -0.1) is 21.9 Å². The maximum absolute atomic E-state index is 4.00. The summed E-state index contributed by atoms with van der Waals surface area (Å²) in [6.07, 6.45) is 0. The van der Waals surface area contributed by atoms with E-state index in [1.54, 1.807) is 0 Å². The Labute approximate surface area is 105 Å². The second kappa shape index (κ2) is 4.81. The number of halogens is 1. The molecule has 80 valence electrons. The van der Waals surface area contributed by atoms with Crippen molar-refractivity contribution in [1.29, 1.82) is 0 Å². The molecule has 0 aromatic heterocycles. The summed E-state index contributed by atoms with van der Waals surface area (Å²) in [5.41, 5.74) is 2.07. The van der Waals surface area contributed by atoms with Gasteiger partial charge in [-0.25, -0.2) is 0 Å². The largest absolute Gasteiger partial charge is 0.213 e. The third kappa shape index (κ3) is 2.03. The van der Waals surface area contributed by atoms with Gasteiger partial charge in [0.05, 0.1) is 0 Å². The minimum atomic E-state index is -1.90. The van der Waals surface area contributed by atoms with E-state index in [1.807, 2.05) is 12.1 Å². The molecule has 2 aromatic rings. The van der Waals surface area contributed by atoms with Crippen molar-refractivity contribution in [2.24, 2.45) is 0 Å². The average Bonchev–Trinajstić information content (AvgIpc) is 2.40. The van der Waals surface area contributed by atoms with Crippen LogP contribution in [0.1, 0.15) is 0 Å². The maximum atomic E-state index is 4.00. The van der Waals surface area contributed by atoms with Crippen LogP contribution in [0, 0.1) is 0 Å². The van der Waals surface area contributed by atoms with Gasteiger partial charge >= 0.3 is 0 Å². The number of hydrogen-bond donors (Lipinski definition) is 0. The Morgan fingerprint density at radius 3 is 1.50 bits per heavy atom. The molecule has 0 amide bonds. The Morgan fingerprint density at radius 1 is 0.812 bits per heavy atom. The Kier molecular flexibility index (Phi) is 3.41. The van der Waals surface area contributed by atoms with Crippen LogP contribution in [0.15, 0.2) is 72.9 Å². The second-order valence-electron chi connectivity index (χ2n) is 3.65. The molecule has 0 aliphatic rings. The van der Waals surface area contributed by atoms with Crippen LogP contribution in [0.2, 0.25) is 0 Å². The van der Waals surface area contributed by atoms with E-state index < -0.39 is 6.69 Å². The van der Waals surface area contributed by atoms with Crippen LogP contribution < -0.4 is 10.4 Å². The highest BCUT2D eigenvalue weighted by Crippen LogP contribution is 2.13. The minimum absolute atomic E-state index is 1.33. The molecule has 0 saturated heterocycles. The van der Waals surface area contributed by atoms with Gasteiger partial charge in [0.15, 0.2) is 0 Å². The quantitative estimate of drug-likeness (QED) is 0.602. The first-order valence-electron chi connectivity index (χ1n) is 5.21. The molecule has 0 fully saturated rings. The first kappa shape index (κ1) is 11.4. The van der Waals surface area contributed by atoms with Crippen molar-refractivity contribution in [2.75, 3.05) is 0 Å². The Morgan fingerprint density at radius 2 is 1.19 bits per heavy atom. The van der Waals surface area contributed by atoms with E-state index in [1.165, 1.54) is 10.4 Å². The van der Waals surface area contributed by atoms with Gasteiger partial charge in [0, 0.05) is 0 Å². The van der Waals surface area contributed by atoms with Crippen LogP contribution in [0.25, 0.3) is 0 Å². The first-order chi connectivity index (χ1) is 7.77. The molecular formula is C14H13BrSi. The van der Waals surface area contributed by atoms with E-state index in [4.69, 9.17) is 0 Å². The van der Waals surface area contributed by atoms with Crippen molar-refractivity contribution in [2.45, 2.75) is 0 Å². The Hall–Kier alpha value is -1.12. The molecule has 2 rings (SSSR count). The van der Waals surface area contributed by atoms with Crippen molar-refractivity contribution in [3.63, 3.8) is 0 Å². The van der Waals surface area contributed by atoms with Crippen LogP contribution in [0.5, 0.6) is 0 Å². The summed E-state index contributed by atoms with van der Waals surface area (Å²) in [7, 11) is 0.